The Balaban J connectivity index is 2.29. The van der Waals surface area contributed by atoms with E-state index >= 15 is 0 Å². The van der Waals surface area contributed by atoms with Crippen LogP contribution in [-0.2, 0) is 9.59 Å². The first-order valence-electron chi connectivity index (χ1n) is 5.08. The predicted octanol–water partition coefficient (Wildman–Crippen LogP) is 0.130. The van der Waals surface area contributed by atoms with Gasteiger partial charge in [0.25, 0.3) is 5.91 Å². The molecule has 0 aliphatic carbocycles. The summed E-state index contributed by atoms with van der Waals surface area (Å²) in [6.45, 7) is 2.42. The lowest BCUT2D eigenvalue weighted by Crippen LogP contribution is -2.42. The molecule has 1 rings (SSSR count). The van der Waals surface area contributed by atoms with Gasteiger partial charge in [-0.2, -0.15) is 0 Å². The Kier molecular flexibility index (Phi) is 4.07. The Morgan fingerprint density at radius 3 is 2.71 bits per heavy atom. The van der Waals surface area contributed by atoms with Gasteiger partial charge in [0.05, 0.1) is 0 Å². The van der Waals surface area contributed by atoms with Crippen LogP contribution in [0.2, 0.25) is 0 Å². The van der Waals surface area contributed by atoms with E-state index in [1.165, 1.54) is 0 Å². The van der Waals surface area contributed by atoms with Crippen molar-refractivity contribution in [3.8, 4) is 0 Å². The molecule has 0 radical (unpaired) electrons. The third kappa shape index (κ3) is 3.10. The van der Waals surface area contributed by atoms with Crippen LogP contribution in [0.15, 0.2) is 0 Å². The summed E-state index contributed by atoms with van der Waals surface area (Å²) in [5.74, 6) is -0.504. The van der Waals surface area contributed by atoms with E-state index in [9.17, 15) is 9.59 Å². The summed E-state index contributed by atoms with van der Waals surface area (Å²) in [7, 11) is 4.01. The summed E-state index contributed by atoms with van der Waals surface area (Å²) >= 11 is 0. The van der Waals surface area contributed by atoms with E-state index in [2.05, 4.69) is 4.90 Å². The fraction of sp³-hybridized carbons (Fsp3) is 0.800. The minimum absolute atomic E-state index is 0.221. The summed E-state index contributed by atoms with van der Waals surface area (Å²) in [6, 6.07) is 0. The largest absolute Gasteiger partial charge is 0.336 e. The van der Waals surface area contributed by atoms with E-state index in [0.717, 1.165) is 25.9 Å². The van der Waals surface area contributed by atoms with Crippen LogP contribution >= 0.6 is 0 Å². The van der Waals surface area contributed by atoms with E-state index in [-0.39, 0.29) is 11.7 Å². The molecule has 4 heteroatoms. The van der Waals surface area contributed by atoms with Crippen molar-refractivity contribution >= 4 is 11.7 Å². The lowest BCUT2D eigenvalue weighted by atomic mass is 10.1. The third-order valence-corrected chi connectivity index (χ3v) is 2.39. The topological polar surface area (TPSA) is 40.6 Å². The molecule has 1 heterocycles. The lowest BCUT2D eigenvalue weighted by Gasteiger charge is -2.26. The lowest BCUT2D eigenvalue weighted by molar-refractivity contribution is -0.147. The molecule has 0 aromatic rings. The maximum atomic E-state index is 11.4. The molecule has 1 fully saturated rings. The smallest absolute Gasteiger partial charge is 0.289 e. The van der Waals surface area contributed by atoms with Gasteiger partial charge in [-0.25, -0.2) is 0 Å². The number of likely N-dealkylation sites (tertiary alicyclic amines) is 1. The van der Waals surface area contributed by atoms with Crippen LogP contribution in [0, 0.1) is 0 Å². The van der Waals surface area contributed by atoms with E-state index < -0.39 is 0 Å². The molecule has 0 unspecified atom stereocenters. The van der Waals surface area contributed by atoms with Crippen molar-refractivity contribution in [1.29, 1.82) is 0 Å². The molecule has 80 valence electrons. The Bertz CT molecular complexity index is 226. The van der Waals surface area contributed by atoms with Crippen molar-refractivity contribution in [2.75, 3.05) is 33.7 Å². The van der Waals surface area contributed by atoms with E-state index in [1.54, 1.807) is 4.90 Å². The van der Waals surface area contributed by atoms with Crippen molar-refractivity contribution in [2.24, 2.45) is 0 Å². The van der Waals surface area contributed by atoms with Crippen LogP contribution < -0.4 is 0 Å². The van der Waals surface area contributed by atoms with E-state index in [1.807, 2.05) is 14.1 Å². The Hall–Kier alpha value is -0.900. The van der Waals surface area contributed by atoms with Gasteiger partial charge in [-0.3, -0.25) is 9.59 Å². The van der Waals surface area contributed by atoms with Crippen LogP contribution in [0.4, 0.5) is 0 Å². The maximum Gasteiger partial charge on any atom is 0.289 e. The monoisotopic (exact) mass is 198 g/mol. The van der Waals surface area contributed by atoms with Crippen LogP contribution in [0.5, 0.6) is 0 Å². The number of Topliss-reactive ketones (excluding diaryl/α,β-unsaturated/α-hetero) is 1. The van der Waals surface area contributed by atoms with Crippen LogP contribution in [0.1, 0.15) is 19.3 Å². The number of hydrogen-bond acceptors (Lipinski definition) is 3. The van der Waals surface area contributed by atoms with Crippen molar-refractivity contribution in [3.05, 3.63) is 0 Å². The van der Waals surface area contributed by atoms with Crippen molar-refractivity contribution in [2.45, 2.75) is 19.3 Å². The minimum atomic E-state index is -0.282. The molecule has 0 spiro atoms. The Morgan fingerprint density at radius 1 is 1.36 bits per heavy atom. The zero-order valence-corrected chi connectivity index (χ0v) is 8.95. The summed E-state index contributed by atoms with van der Waals surface area (Å²) in [5.41, 5.74) is 0. The summed E-state index contributed by atoms with van der Waals surface area (Å²) in [6.07, 6.45) is 2.20. The number of hydrogen-bond donors (Lipinski definition) is 0. The number of carbonyl (C=O) groups is 2. The zero-order valence-electron chi connectivity index (χ0n) is 8.95. The first kappa shape index (κ1) is 11.2. The molecule has 0 saturated carbocycles. The summed E-state index contributed by atoms with van der Waals surface area (Å²) < 4.78 is 0. The molecule has 0 N–H and O–H groups in total. The normalized spacial score (nSPS) is 18.1. The molecule has 1 aliphatic rings. The predicted molar refractivity (Wildman–Crippen MR) is 54.0 cm³/mol. The van der Waals surface area contributed by atoms with Gasteiger partial charge in [-0.1, -0.05) is 0 Å². The average molecular weight is 198 g/mol. The van der Waals surface area contributed by atoms with Crippen LogP contribution in [0.25, 0.3) is 0 Å². The SMILES string of the molecule is CN(C)CCCN1CCCC(=O)C1=O. The van der Waals surface area contributed by atoms with Gasteiger partial charge in [0.2, 0.25) is 5.78 Å². The third-order valence-electron chi connectivity index (χ3n) is 2.39. The number of nitrogens with zero attached hydrogens (tertiary/aromatic N) is 2. The molecule has 1 amide bonds. The molecular formula is C10H18N2O2. The quantitative estimate of drug-likeness (QED) is 0.603. The molecule has 0 aromatic heterocycles. The molecule has 0 aromatic carbocycles. The van der Waals surface area contributed by atoms with E-state index in [4.69, 9.17) is 0 Å². The second-order valence-electron chi connectivity index (χ2n) is 3.98. The second kappa shape index (κ2) is 5.10. The number of rotatable bonds is 4. The van der Waals surface area contributed by atoms with Crippen molar-refractivity contribution in [1.82, 2.24) is 9.80 Å². The van der Waals surface area contributed by atoms with Gasteiger partial charge in [0.15, 0.2) is 0 Å². The summed E-state index contributed by atoms with van der Waals surface area (Å²) in [5, 5.41) is 0. The fourth-order valence-electron chi connectivity index (χ4n) is 1.61. The second-order valence-corrected chi connectivity index (χ2v) is 3.98. The molecule has 4 nitrogen and oxygen atoms in total. The number of ketones is 1. The Morgan fingerprint density at radius 2 is 2.07 bits per heavy atom. The van der Waals surface area contributed by atoms with Gasteiger partial charge in [0.1, 0.15) is 0 Å². The molecule has 14 heavy (non-hydrogen) atoms. The van der Waals surface area contributed by atoms with Crippen LogP contribution in [-0.4, -0.2) is 55.2 Å². The van der Waals surface area contributed by atoms with Gasteiger partial charge in [0, 0.05) is 19.5 Å². The highest BCUT2D eigenvalue weighted by molar-refractivity contribution is 6.36. The molecular weight excluding hydrogens is 180 g/mol. The fourth-order valence-corrected chi connectivity index (χ4v) is 1.61. The van der Waals surface area contributed by atoms with Crippen molar-refractivity contribution < 1.29 is 9.59 Å². The van der Waals surface area contributed by atoms with Gasteiger partial charge >= 0.3 is 0 Å². The average Bonchev–Trinajstić information content (AvgIpc) is 2.12. The highest BCUT2D eigenvalue weighted by Crippen LogP contribution is 2.07. The highest BCUT2D eigenvalue weighted by atomic mass is 16.2. The molecule has 1 saturated heterocycles. The molecule has 0 bridgehead atoms. The van der Waals surface area contributed by atoms with Gasteiger partial charge < -0.3 is 9.80 Å². The zero-order chi connectivity index (χ0) is 10.6. The first-order valence-corrected chi connectivity index (χ1v) is 5.08. The number of carbonyl (C=O) groups excluding carboxylic acids is 2. The standard InChI is InChI=1S/C10H18N2O2/c1-11(2)6-4-8-12-7-3-5-9(13)10(12)14/h3-8H2,1-2H3. The maximum absolute atomic E-state index is 11.4. The highest BCUT2D eigenvalue weighted by Gasteiger charge is 2.25. The Labute approximate surface area is 84.9 Å². The summed E-state index contributed by atoms with van der Waals surface area (Å²) in [4.78, 5) is 26.2. The minimum Gasteiger partial charge on any atom is -0.336 e. The van der Waals surface area contributed by atoms with Crippen LogP contribution in [0.3, 0.4) is 0 Å². The first-order chi connectivity index (χ1) is 6.61. The van der Waals surface area contributed by atoms with Gasteiger partial charge in [-0.05, 0) is 33.5 Å². The number of amides is 1. The van der Waals surface area contributed by atoms with Crippen molar-refractivity contribution in [3.63, 3.8) is 0 Å². The van der Waals surface area contributed by atoms with E-state index in [0.29, 0.717) is 13.0 Å². The number of piperidine rings is 1. The molecule has 0 atom stereocenters. The van der Waals surface area contributed by atoms with Gasteiger partial charge in [-0.15, -0.1) is 0 Å². The molecule has 1 aliphatic heterocycles.